The van der Waals surface area contributed by atoms with E-state index in [4.69, 9.17) is 0 Å². The fourth-order valence-electron chi connectivity index (χ4n) is 1.79. The highest BCUT2D eigenvalue weighted by atomic mass is 16.2. The van der Waals surface area contributed by atoms with Crippen molar-refractivity contribution in [3.05, 3.63) is 0 Å². The molecule has 0 unspecified atom stereocenters. The first-order chi connectivity index (χ1) is 5.99. The van der Waals surface area contributed by atoms with Crippen molar-refractivity contribution in [3.63, 3.8) is 0 Å². The van der Waals surface area contributed by atoms with Gasteiger partial charge in [-0.15, -0.1) is 0 Å². The van der Waals surface area contributed by atoms with Crippen molar-refractivity contribution in [1.82, 2.24) is 10.2 Å². The van der Waals surface area contributed by atoms with Crippen LogP contribution in [0.15, 0.2) is 0 Å². The monoisotopic (exact) mass is 184 g/mol. The number of rotatable bonds is 3. The Labute approximate surface area is 80.5 Å². The first-order valence-electron chi connectivity index (χ1n) is 4.97. The third-order valence-electron chi connectivity index (χ3n) is 2.88. The van der Waals surface area contributed by atoms with Crippen LogP contribution in [0.2, 0.25) is 0 Å². The summed E-state index contributed by atoms with van der Waals surface area (Å²) >= 11 is 0. The van der Waals surface area contributed by atoms with Gasteiger partial charge in [-0.25, -0.2) is 0 Å². The summed E-state index contributed by atoms with van der Waals surface area (Å²) in [7, 11) is 3.97. The van der Waals surface area contributed by atoms with Gasteiger partial charge >= 0.3 is 0 Å². The van der Waals surface area contributed by atoms with Crippen LogP contribution in [0, 0.1) is 0 Å². The van der Waals surface area contributed by atoms with Gasteiger partial charge in [0.05, 0.1) is 5.54 Å². The largest absolute Gasteiger partial charge is 0.352 e. The van der Waals surface area contributed by atoms with Crippen molar-refractivity contribution < 1.29 is 4.79 Å². The van der Waals surface area contributed by atoms with E-state index in [2.05, 4.69) is 5.32 Å². The Morgan fingerprint density at radius 3 is 2.15 bits per heavy atom. The maximum atomic E-state index is 11.8. The number of nitrogens with zero attached hydrogens (tertiary/aromatic N) is 1. The van der Waals surface area contributed by atoms with Crippen LogP contribution < -0.4 is 5.32 Å². The molecule has 1 saturated carbocycles. The Hall–Kier alpha value is -0.570. The van der Waals surface area contributed by atoms with Crippen molar-refractivity contribution in [2.75, 3.05) is 14.1 Å². The normalized spacial score (nSPS) is 20.2. The lowest BCUT2D eigenvalue weighted by Crippen LogP contribution is -2.61. The van der Waals surface area contributed by atoms with Gasteiger partial charge in [0.1, 0.15) is 0 Å². The number of hydrogen-bond acceptors (Lipinski definition) is 2. The predicted octanol–water partition coefficient (Wildman–Crippen LogP) is 0.995. The standard InChI is InChI=1S/C10H20N2O/c1-8(2)11-9(13)10(12(3)4)6-5-7-10/h8H,5-7H2,1-4H3,(H,11,13). The molecular formula is C10H20N2O. The molecule has 3 nitrogen and oxygen atoms in total. The van der Waals surface area contributed by atoms with Crippen molar-refractivity contribution in [1.29, 1.82) is 0 Å². The number of likely N-dealkylation sites (N-methyl/N-ethyl adjacent to an activating group) is 1. The minimum atomic E-state index is -0.204. The Kier molecular flexibility index (Phi) is 2.96. The van der Waals surface area contributed by atoms with Crippen LogP contribution in [0.3, 0.4) is 0 Å². The summed E-state index contributed by atoms with van der Waals surface area (Å²) in [5.74, 6) is 0.193. The number of amides is 1. The lowest BCUT2D eigenvalue weighted by Gasteiger charge is -2.45. The van der Waals surface area contributed by atoms with E-state index in [0.29, 0.717) is 0 Å². The molecule has 0 saturated heterocycles. The van der Waals surface area contributed by atoms with E-state index in [-0.39, 0.29) is 17.5 Å². The molecule has 0 aromatic heterocycles. The summed E-state index contributed by atoms with van der Waals surface area (Å²) in [4.78, 5) is 13.9. The van der Waals surface area contributed by atoms with E-state index in [1.165, 1.54) is 6.42 Å². The van der Waals surface area contributed by atoms with Crippen molar-refractivity contribution in [3.8, 4) is 0 Å². The van der Waals surface area contributed by atoms with Gasteiger partial charge in [0.2, 0.25) is 5.91 Å². The van der Waals surface area contributed by atoms with Gasteiger partial charge in [-0.05, 0) is 47.2 Å². The summed E-state index contributed by atoms with van der Waals surface area (Å²) in [5.41, 5.74) is -0.204. The molecule has 13 heavy (non-hydrogen) atoms. The average Bonchev–Trinajstić information content (AvgIpc) is 1.79. The van der Waals surface area contributed by atoms with Crippen LogP contribution in [0.1, 0.15) is 33.1 Å². The smallest absolute Gasteiger partial charge is 0.240 e. The average molecular weight is 184 g/mol. The molecule has 0 aliphatic heterocycles. The zero-order chi connectivity index (χ0) is 10.1. The lowest BCUT2D eigenvalue weighted by molar-refractivity contribution is -0.137. The van der Waals surface area contributed by atoms with Crippen LogP contribution in [0.4, 0.5) is 0 Å². The maximum Gasteiger partial charge on any atom is 0.240 e. The van der Waals surface area contributed by atoms with Gasteiger partial charge in [0, 0.05) is 6.04 Å². The molecule has 0 bridgehead atoms. The molecule has 1 aliphatic carbocycles. The topological polar surface area (TPSA) is 32.3 Å². The predicted molar refractivity (Wildman–Crippen MR) is 53.5 cm³/mol. The van der Waals surface area contributed by atoms with E-state index in [0.717, 1.165) is 12.8 Å². The molecule has 0 radical (unpaired) electrons. The van der Waals surface area contributed by atoms with E-state index >= 15 is 0 Å². The zero-order valence-electron chi connectivity index (χ0n) is 9.05. The van der Waals surface area contributed by atoms with Gasteiger partial charge in [0.25, 0.3) is 0 Å². The molecule has 1 amide bonds. The highest BCUT2D eigenvalue weighted by Gasteiger charge is 2.45. The molecule has 3 heteroatoms. The zero-order valence-corrected chi connectivity index (χ0v) is 9.05. The molecular weight excluding hydrogens is 164 g/mol. The molecule has 0 heterocycles. The lowest BCUT2D eigenvalue weighted by atomic mass is 9.75. The molecule has 0 aromatic rings. The third-order valence-corrected chi connectivity index (χ3v) is 2.88. The molecule has 76 valence electrons. The first-order valence-corrected chi connectivity index (χ1v) is 4.97. The summed E-state index contributed by atoms with van der Waals surface area (Å²) in [6.07, 6.45) is 3.17. The Morgan fingerprint density at radius 2 is 1.92 bits per heavy atom. The number of carbonyl (C=O) groups is 1. The maximum absolute atomic E-state index is 11.8. The Balaban J connectivity index is 2.61. The van der Waals surface area contributed by atoms with Gasteiger partial charge < -0.3 is 5.32 Å². The number of carbonyl (C=O) groups excluding carboxylic acids is 1. The summed E-state index contributed by atoms with van der Waals surface area (Å²) in [6.45, 7) is 4.00. The minimum Gasteiger partial charge on any atom is -0.352 e. The second-order valence-corrected chi connectivity index (χ2v) is 4.41. The highest BCUT2D eigenvalue weighted by molar-refractivity contribution is 5.87. The second kappa shape index (κ2) is 3.66. The van der Waals surface area contributed by atoms with Crippen LogP contribution in [-0.2, 0) is 4.79 Å². The fraction of sp³-hybridized carbons (Fsp3) is 0.900. The van der Waals surface area contributed by atoms with Gasteiger partial charge in [0.15, 0.2) is 0 Å². The van der Waals surface area contributed by atoms with Crippen LogP contribution >= 0.6 is 0 Å². The van der Waals surface area contributed by atoms with E-state index in [9.17, 15) is 4.79 Å². The summed E-state index contributed by atoms with van der Waals surface area (Å²) in [6, 6.07) is 0.241. The van der Waals surface area contributed by atoms with Gasteiger partial charge in [-0.2, -0.15) is 0 Å². The van der Waals surface area contributed by atoms with E-state index < -0.39 is 0 Å². The quantitative estimate of drug-likeness (QED) is 0.709. The Morgan fingerprint density at radius 1 is 1.38 bits per heavy atom. The SMILES string of the molecule is CC(C)NC(=O)C1(N(C)C)CCC1. The molecule has 1 aliphatic rings. The van der Waals surface area contributed by atoms with Crippen molar-refractivity contribution >= 4 is 5.91 Å². The Bertz CT molecular complexity index is 195. The van der Waals surface area contributed by atoms with Crippen LogP contribution in [0.25, 0.3) is 0 Å². The molecule has 1 N–H and O–H groups in total. The highest BCUT2D eigenvalue weighted by Crippen LogP contribution is 2.36. The molecule has 0 atom stereocenters. The van der Waals surface area contributed by atoms with Crippen LogP contribution in [0.5, 0.6) is 0 Å². The summed E-state index contributed by atoms with van der Waals surface area (Å²) in [5, 5.41) is 2.99. The second-order valence-electron chi connectivity index (χ2n) is 4.41. The molecule has 1 rings (SSSR count). The van der Waals surface area contributed by atoms with E-state index in [1.807, 2.05) is 32.8 Å². The van der Waals surface area contributed by atoms with E-state index in [1.54, 1.807) is 0 Å². The first kappa shape index (κ1) is 10.5. The van der Waals surface area contributed by atoms with Crippen molar-refractivity contribution in [2.24, 2.45) is 0 Å². The van der Waals surface area contributed by atoms with Crippen molar-refractivity contribution in [2.45, 2.75) is 44.7 Å². The summed E-state index contributed by atoms with van der Waals surface area (Å²) < 4.78 is 0. The molecule has 0 spiro atoms. The van der Waals surface area contributed by atoms with Gasteiger partial charge in [-0.3, -0.25) is 9.69 Å². The molecule has 0 aromatic carbocycles. The molecule has 1 fully saturated rings. The fourth-order valence-corrected chi connectivity index (χ4v) is 1.79. The van der Waals surface area contributed by atoms with Crippen LogP contribution in [-0.4, -0.2) is 36.5 Å². The number of nitrogens with one attached hydrogen (secondary N) is 1. The number of hydrogen-bond donors (Lipinski definition) is 1. The minimum absolute atomic E-state index is 0.193. The van der Waals surface area contributed by atoms with Gasteiger partial charge in [-0.1, -0.05) is 0 Å². The third kappa shape index (κ3) is 1.85.